The average molecular weight is 327 g/mol. The van der Waals surface area contributed by atoms with Crippen LogP contribution in [0.3, 0.4) is 0 Å². The van der Waals surface area contributed by atoms with Crippen LogP contribution in [0.5, 0.6) is 0 Å². The monoisotopic (exact) mass is 327 g/mol. The van der Waals surface area contributed by atoms with E-state index in [-0.39, 0.29) is 5.91 Å². The molecule has 0 radical (unpaired) electrons. The Bertz CT molecular complexity index is 726. The van der Waals surface area contributed by atoms with Crippen LogP contribution in [-0.2, 0) is 4.74 Å². The minimum atomic E-state index is 0.164. The van der Waals surface area contributed by atoms with Gasteiger partial charge in [-0.05, 0) is 42.3 Å². The molecule has 5 rings (SSSR count). The van der Waals surface area contributed by atoms with Gasteiger partial charge in [0.15, 0.2) is 0 Å². The maximum absolute atomic E-state index is 13.0. The first-order valence-corrected chi connectivity index (χ1v) is 8.84. The Kier molecular flexibility index (Phi) is 4.29. The summed E-state index contributed by atoms with van der Waals surface area (Å²) in [5.41, 5.74) is 1.81. The van der Waals surface area contributed by atoms with E-state index < -0.39 is 0 Å². The number of hydrogen-bond donors (Lipinski definition) is 1. The number of piperidine rings is 1. The number of aromatic nitrogens is 1. The number of ether oxygens (including phenoxy) is 1. The highest BCUT2D eigenvalue weighted by molar-refractivity contribution is 5.98. The Morgan fingerprint density at radius 3 is 3.04 bits per heavy atom. The van der Waals surface area contributed by atoms with Crippen molar-refractivity contribution in [2.45, 2.75) is 18.9 Å². The minimum Gasteiger partial charge on any atom is -0.383 e. The number of hydrogen-bond acceptors (Lipinski definition) is 3. The molecule has 3 saturated heterocycles. The molecule has 2 aromatic rings. The summed E-state index contributed by atoms with van der Waals surface area (Å²) in [7, 11) is 1.75. The Morgan fingerprint density at radius 2 is 2.17 bits per heavy atom. The number of nitrogens with zero attached hydrogens (tertiary/aromatic N) is 2. The zero-order valence-corrected chi connectivity index (χ0v) is 14.2. The second kappa shape index (κ2) is 6.57. The molecule has 0 aliphatic carbocycles. The van der Waals surface area contributed by atoms with Crippen LogP contribution in [0.4, 0.5) is 0 Å². The molecule has 3 aliphatic heterocycles. The van der Waals surface area contributed by atoms with Crippen LogP contribution in [0.2, 0.25) is 0 Å². The third-order valence-electron chi connectivity index (χ3n) is 5.50. The summed E-state index contributed by atoms with van der Waals surface area (Å²) in [4.78, 5) is 20.8. The molecule has 2 bridgehead atoms. The number of fused-ring (bicyclic) bond motifs is 5. The number of aromatic amines is 1. The topological polar surface area (TPSA) is 48.6 Å². The maximum Gasteiger partial charge on any atom is 0.253 e. The van der Waals surface area contributed by atoms with Gasteiger partial charge in [-0.15, -0.1) is 0 Å². The number of carbonyl (C=O) groups excluding carboxylic acids is 1. The van der Waals surface area contributed by atoms with Crippen molar-refractivity contribution in [2.24, 2.45) is 5.92 Å². The molecule has 5 heteroatoms. The normalized spacial score (nSPS) is 24.5. The van der Waals surface area contributed by atoms with Crippen LogP contribution in [0, 0.1) is 5.92 Å². The van der Waals surface area contributed by atoms with Gasteiger partial charge >= 0.3 is 0 Å². The van der Waals surface area contributed by atoms with Crippen LogP contribution in [0.1, 0.15) is 23.2 Å². The van der Waals surface area contributed by atoms with Gasteiger partial charge in [0.05, 0.1) is 6.61 Å². The molecule has 0 unspecified atom stereocenters. The van der Waals surface area contributed by atoms with E-state index in [4.69, 9.17) is 4.74 Å². The number of benzene rings is 1. The molecule has 1 aromatic heterocycles. The van der Waals surface area contributed by atoms with E-state index in [1.54, 1.807) is 7.11 Å². The zero-order chi connectivity index (χ0) is 16.5. The molecule has 5 nitrogen and oxygen atoms in total. The highest BCUT2D eigenvalue weighted by Gasteiger charge is 2.36. The molecule has 0 saturated carbocycles. The highest BCUT2D eigenvalue weighted by atomic mass is 16.5. The van der Waals surface area contributed by atoms with Gasteiger partial charge in [-0.25, -0.2) is 0 Å². The van der Waals surface area contributed by atoms with Gasteiger partial charge in [-0.2, -0.15) is 0 Å². The zero-order valence-electron chi connectivity index (χ0n) is 14.2. The van der Waals surface area contributed by atoms with Gasteiger partial charge in [-0.1, -0.05) is 6.07 Å². The second-order valence-electron chi connectivity index (χ2n) is 7.07. The van der Waals surface area contributed by atoms with E-state index in [1.165, 1.54) is 12.8 Å². The molecular weight excluding hydrogens is 302 g/mol. The second-order valence-corrected chi connectivity index (χ2v) is 7.07. The fourth-order valence-corrected chi connectivity index (χ4v) is 4.19. The average Bonchev–Trinajstić information content (AvgIpc) is 2.89. The molecule has 1 amide bonds. The first-order chi connectivity index (χ1) is 11.7. The molecular formula is C19H25N3O2. The summed E-state index contributed by atoms with van der Waals surface area (Å²) in [6.45, 7) is 4.53. The van der Waals surface area contributed by atoms with Crippen LogP contribution in [0.15, 0.2) is 30.5 Å². The van der Waals surface area contributed by atoms with Crippen molar-refractivity contribution < 1.29 is 9.53 Å². The van der Waals surface area contributed by atoms with Crippen LogP contribution in [-0.4, -0.2) is 66.6 Å². The van der Waals surface area contributed by atoms with E-state index in [1.807, 2.05) is 30.5 Å². The standard InChI is InChI=1S/C19H25N3O2/c1-24-9-8-21-11-14-2-5-17(21)13-22(12-14)19(23)16-4-3-15-6-7-20-18(15)10-16/h3-4,6-7,10,14,17,20H,2,5,8-9,11-13H2,1H3/t14-,17-/m1/s1. The minimum absolute atomic E-state index is 0.164. The molecule has 3 fully saturated rings. The lowest BCUT2D eigenvalue weighted by atomic mass is 9.95. The van der Waals surface area contributed by atoms with E-state index in [2.05, 4.69) is 14.8 Å². The number of amides is 1. The Balaban J connectivity index is 1.52. The summed E-state index contributed by atoms with van der Waals surface area (Å²) in [5.74, 6) is 0.746. The van der Waals surface area contributed by atoms with E-state index in [0.29, 0.717) is 12.0 Å². The largest absolute Gasteiger partial charge is 0.383 e. The third-order valence-corrected chi connectivity index (χ3v) is 5.50. The molecule has 0 spiro atoms. The molecule has 128 valence electrons. The quantitative estimate of drug-likeness (QED) is 0.938. The van der Waals surface area contributed by atoms with Crippen LogP contribution < -0.4 is 0 Å². The van der Waals surface area contributed by atoms with Crippen LogP contribution in [0.25, 0.3) is 10.9 Å². The van der Waals surface area contributed by atoms with E-state index in [9.17, 15) is 4.79 Å². The Hall–Kier alpha value is -1.85. The van der Waals surface area contributed by atoms with Crippen molar-refractivity contribution in [1.29, 1.82) is 0 Å². The van der Waals surface area contributed by atoms with Gasteiger partial charge in [0.25, 0.3) is 5.91 Å². The fourth-order valence-electron chi connectivity index (χ4n) is 4.19. The maximum atomic E-state index is 13.0. The van der Waals surface area contributed by atoms with Crippen molar-refractivity contribution in [3.05, 3.63) is 36.0 Å². The summed E-state index contributed by atoms with van der Waals surface area (Å²) >= 11 is 0. The predicted octanol–water partition coefficient (Wildman–Crippen LogP) is 2.35. The van der Waals surface area contributed by atoms with Gasteiger partial charge in [0.2, 0.25) is 0 Å². The SMILES string of the molecule is COCCN1C[C@H]2CC[C@@H]1CN(C(=O)c1ccc3cc[nH]c3c1)C2. The van der Waals surface area contributed by atoms with Gasteiger partial charge in [-0.3, -0.25) is 9.69 Å². The lowest BCUT2D eigenvalue weighted by Crippen LogP contribution is -2.45. The van der Waals surface area contributed by atoms with Crippen molar-refractivity contribution in [1.82, 2.24) is 14.8 Å². The van der Waals surface area contributed by atoms with E-state index >= 15 is 0 Å². The summed E-state index contributed by atoms with van der Waals surface area (Å²) in [6, 6.07) is 8.46. The number of methoxy groups -OCH3 is 1. The smallest absolute Gasteiger partial charge is 0.253 e. The fraction of sp³-hybridized carbons (Fsp3) is 0.526. The van der Waals surface area contributed by atoms with Gasteiger partial charge in [0.1, 0.15) is 0 Å². The van der Waals surface area contributed by atoms with Crippen molar-refractivity contribution in [3.63, 3.8) is 0 Å². The first-order valence-electron chi connectivity index (χ1n) is 8.84. The lowest BCUT2D eigenvalue weighted by molar-refractivity contribution is 0.0718. The lowest BCUT2D eigenvalue weighted by Gasteiger charge is -2.35. The molecule has 1 N–H and O–H groups in total. The summed E-state index contributed by atoms with van der Waals surface area (Å²) in [5, 5.41) is 1.15. The molecule has 3 aliphatic rings. The molecule has 24 heavy (non-hydrogen) atoms. The summed E-state index contributed by atoms with van der Waals surface area (Å²) < 4.78 is 5.24. The van der Waals surface area contributed by atoms with Crippen molar-refractivity contribution in [3.8, 4) is 0 Å². The molecule has 4 heterocycles. The number of nitrogens with one attached hydrogen (secondary N) is 1. The molecule has 1 aromatic carbocycles. The van der Waals surface area contributed by atoms with E-state index in [0.717, 1.165) is 49.3 Å². The summed E-state index contributed by atoms with van der Waals surface area (Å²) in [6.07, 6.45) is 4.33. The van der Waals surface area contributed by atoms with Crippen molar-refractivity contribution >= 4 is 16.8 Å². The van der Waals surface area contributed by atoms with Gasteiger partial charge < -0.3 is 14.6 Å². The molecule has 2 atom stereocenters. The Morgan fingerprint density at radius 1 is 1.25 bits per heavy atom. The highest BCUT2D eigenvalue weighted by Crippen LogP contribution is 2.29. The van der Waals surface area contributed by atoms with Crippen molar-refractivity contribution in [2.75, 3.05) is 39.9 Å². The van der Waals surface area contributed by atoms with Gasteiger partial charge in [0, 0.05) is 56.6 Å². The van der Waals surface area contributed by atoms with Crippen LogP contribution >= 0.6 is 0 Å². The third kappa shape index (κ3) is 2.94. The predicted molar refractivity (Wildman–Crippen MR) is 94.2 cm³/mol. The number of rotatable bonds is 4. The first kappa shape index (κ1) is 15.7. The number of carbonyl (C=O) groups is 1. The number of H-pyrrole nitrogens is 1. The Labute approximate surface area is 142 Å².